The summed E-state index contributed by atoms with van der Waals surface area (Å²) in [5.74, 6) is 0.923. The Morgan fingerprint density at radius 3 is 2.07 bits per heavy atom. The van der Waals surface area contributed by atoms with Crippen molar-refractivity contribution in [3.63, 3.8) is 0 Å². The molecule has 1 unspecified atom stereocenters. The summed E-state index contributed by atoms with van der Waals surface area (Å²) < 4.78 is 5.58. The van der Waals surface area contributed by atoms with Crippen LogP contribution in [0.3, 0.4) is 0 Å². The molecule has 0 bridgehead atoms. The van der Waals surface area contributed by atoms with E-state index in [-0.39, 0.29) is 11.1 Å². The summed E-state index contributed by atoms with van der Waals surface area (Å²) in [6.07, 6.45) is 0.226. The van der Waals surface area contributed by atoms with Gasteiger partial charge < -0.3 is 4.74 Å². The first-order chi connectivity index (χ1) is 7.00. The Hall–Kier alpha value is -0.540. The highest BCUT2D eigenvalue weighted by Gasteiger charge is 2.09. The molecule has 3 heteroatoms. The zero-order valence-electron chi connectivity index (χ0n) is 9.70. The van der Waals surface area contributed by atoms with E-state index in [4.69, 9.17) is 4.74 Å². The van der Waals surface area contributed by atoms with Crippen LogP contribution in [0.2, 0.25) is 0 Å². The van der Waals surface area contributed by atoms with Crippen molar-refractivity contribution in [1.82, 2.24) is 4.90 Å². The summed E-state index contributed by atoms with van der Waals surface area (Å²) in [7, 11) is 4.08. The molecule has 0 saturated heterocycles. The fourth-order valence-electron chi connectivity index (χ4n) is 1.28. The van der Waals surface area contributed by atoms with E-state index in [0.29, 0.717) is 0 Å². The van der Waals surface area contributed by atoms with Gasteiger partial charge in [-0.3, -0.25) is 4.90 Å². The second-order valence-electron chi connectivity index (χ2n) is 4.04. The van der Waals surface area contributed by atoms with Crippen LogP contribution in [0.4, 0.5) is 0 Å². The van der Waals surface area contributed by atoms with Gasteiger partial charge in [-0.05, 0) is 45.6 Å². The normalized spacial score (nSPS) is 13.3. The third-order valence-electron chi connectivity index (χ3n) is 1.98. The largest absolute Gasteiger partial charge is 0.491 e. The number of nitrogens with zero attached hydrogens (tertiary/aromatic N) is 1. The minimum Gasteiger partial charge on any atom is -0.491 e. The molecular formula is C12H18BrNO. The van der Waals surface area contributed by atoms with E-state index in [1.54, 1.807) is 0 Å². The number of halogens is 1. The van der Waals surface area contributed by atoms with Crippen molar-refractivity contribution in [1.29, 1.82) is 0 Å². The first-order valence-electron chi connectivity index (χ1n) is 5.08. The zero-order valence-corrected chi connectivity index (χ0v) is 11.3. The summed E-state index contributed by atoms with van der Waals surface area (Å²) >= 11 is 3.61. The molecule has 2 nitrogen and oxygen atoms in total. The van der Waals surface area contributed by atoms with E-state index in [1.165, 1.54) is 5.56 Å². The lowest BCUT2D eigenvalue weighted by Gasteiger charge is -2.18. The van der Waals surface area contributed by atoms with E-state index in [0.717, 1.165) is 5.75 Å². The Labute approximate surface area is 100 Å². The lowest BCUT2D eigenvalue weighted by atomic mass is 10.2. The van der Waals surface area contributed by atoms with Crippen molar-refractivity contribution in [2.75, 3.05) is 14.1 Å². The van der Waals surface area contributed by atoms with Crippen LogP contribution in [0.5, 0.6) is 5.75 Å². The van der Waals surface area contributed by atoms with Gasteiger partial charge in [0.25, 0.3) is 0 Å². The Kier molecular flexibility index (Phi) is 4.61. The van der Waals surface area contributed by atoms with Gasteiger partial charge in [-0.1, -0.05) is 28.1 Å². The van der Waals surface area contributed by atoms with E-state index in [1.807, 2.05) is 40.1 Å². The average molecular weight is 272 g/mol. The SMILES string of the molecule is CC(C)Oc1ccc(C(Br)N(C)C)cc1. The molecule has 0 fully saturated rings. The number of hydrogen-bond acceptors (Lipinski definition) is 2. The summed E-state index contributed by atoms with van der Waals surface area (Å²) in [6, 6.07) is 8.18. The minimum absolute atomic E-state index is 0.226. The van der Waals surface area contributed by atoms with Crippen molar-refractivity contribution in [2.45, 2.75) is 24.9 Å². The van der Waals surface area contributed by atoms with Gasteiger partial charge in [-0.2, -0.15) is 0 Å². The van der Waals surface area contributed by atoms with Gasteiger partial charge in [0.05, 0.1) is 11.1 Å². The summed E-state index contributed by atoms with van der Waals surface area (Å²) in [5, 5.41) is 0. The van der Waals surface area contributed by atoms with Gasteiger partial charge in [-0.15, -0.1) is 0 Å². The summed E-state index contributed by atoms with van der Waals surface area (Å²) in [4.78, 5) is 2.36. The first-order valence-corrected chi connectivity index (χ1v) is 5.99. The molecule has 0 N–H and O–H groups in total. The number of hydrogen-bond donors (Lipinski definition) is 0. The lowest BCUT2D eigenvalue weighted by Crippen LogP contribution is -2.14. The highest BCUT2D eigenvalue weighted by atomic mass is 79.9. The van der Waals surface area contributed by atoms with Crippen molar-refractivity contribution < 1.29 is 4.74 Å². The quantitative estimate of drug-likeness (QED) is 0.615. The Balaban J connectivity index is 2.72. The van der Waals surface area contributed by atoms with Crippen LogP contribution in [0.15, 0.2) is 24.3 Å². The highest BCUT2D eigenvalue weighted by molar-refractivity contribution is 9.09. The van der Waals surface area contributed by atoms with Crippen LogP contribution in [0.1, 0.15) is 24.4 Å². The van der Waals surface area contributed by atoms with Crippen LogP contribution in [-0.4, -0.2) is 25.1 Å². The van der Waals surface area contributed by atoms with Crippen molar-refractivity contribution in [3.05, 3.63) is 29.8 Å². The van der Waals surface area contributed by atoms with Crippen LogP contribution in [0.25, 0.3) is 0 Å². The molecule has 0 amide bonds. The van der Waals surface area contributed by atoms with Gasteiger partial charge in [0.2, 0.25) is 0 Å². The average Bonchev–Trinajstić information content (AvgIpc) is 2.17. The fourth-order valence-corrected chi connectivity index (χ4v) is 1.58. The fraction of sp³-hybridized carbons (Fsp3) is 0.500. The molecule has 0 aliphatic carbocycles. The maximum Gasteiger partial charge on any atom is 0.119 e. The highest BCUT2D eigenvalue weighted by Crippen LogP contribution is 2.26. The van der Waals surface area contributed by atoms with Crippen molar-refractivity contribution in [2.24, 2.45) is 0 Å². The lowest BCUT2D eigenvalue weighted by molar-refractivity contribution is 0.242. The van der Waals surface area contributed by atoms with Gasteiger partial charge in [-0.25, -0.2) is 0 Å². The molecule has 0 radical (unpaired) electrons. The minimum atomic E-state index is 0.226. The Morgan fingerprint density at radius 2 is 1.67 bits per heavy atom. The van der Waals surface area contributed by atoms with Gasteiger partial charge >= 0.3 is 0 Å². The van der Waals surface area contributed by atoms with E-state index in [9.17, 15) is 0 Å². The monoisotopic (exact) mass is 271 g/mol. The Bertz CT molecular complexity index is 295. The molecule has 0 aliphatic heterocycles. The maximum absolute atomic E-state index is 5.58. The molecule has 0 aromatic heterocycles. The number of benzene rings is 1. The number of rotatable bonds is 4. The van der Waals surface area contributed by atoms with Gasteiger partial charge in [0, 0.05) is 0 Å². The van der Waals surface area contributed by atoms with E-state index < -0.39 is 0 Å². The zero-order chi connectivity index (χ0) is 11.4. The van der Waals surface area contributed by atoms with Crippen LogP contribution >= 0.6 is 15.9 Å². The second kappa shape index (κ2) is 5.52. The number of alkyl halides is 1. The molecule has 1 aromatic carbocycles. The van der Waals surface area contributed by atoms with E-state index in [2.05, 4.69) is 33.0 Å². The molecule has 0 spiro atoms. The predicted molar refractivity (Wildman–Crippen MR) is 67.6 cm³/mol. The maximum atomic E-state index is 5.58. The molecule has 1 rings (SSSR count). The van der Waals surface area contributed by atoms with Gasteiger partial charge in [0.15, 0.2) is 0 Å². The van der Waals surface area contributed by atoms with Crippen LogP contribution < -0.4 is 4.74 Å². The molecule has 1 atom stereocenters. The third-order valence-corrected chi connectivity index (χ3v) is 3.33. The van der Waals surface area contributed by atoms with Crippen molar-refractivity contribution in [3.8, 4) is 5.75 Å². The first kappa shape index (κ1) is 12.5. The molecular weight excluding hydrogens is 254 g/mol. The summed E-state index contributed by atoms with van der Waals surface area (Å²) in [5.41, 5.74) is 1.23. The molecule has 0 saturated carbocycles. The molecule has 15 heavy (non-hydrogen) atoms. The number of ether oxygens (including phenoxy) is 1. The summed E-state index contributed by atoms with van der Waals surface area (Å²) in [6.45, 7) is 4.06. The van der Waals surface area contributed by atoms with Crippen LogP contribution in [-0.2, 0) is 0 Å². The third kappa shape index (κ3) is 3.84. The Morgan fingerprint density at radius 1 is 1.13 bits per heavy atom. The molecule has 84 valence electrons. The van der Waals surface area contributed by atoms with Gasteiger partial charge in [0.1, 0.15) is 5.75 Å². The van der Waals surface area contributed by atoms with Crippen molar-refractivity contribution >= 4 is 15.9 Å². The molecule has 0 aliphatic rings. The smallest absolute Gasteiger partial charge is 0.119 e. The standard InChI is InChI=1S/C12H18BrNO/c1-9(2)15-11-7-5-10(6-8-11)12(13)14(3)4/h5-9,12H,1-4H3. The van der Waals surface area contributed by atoms with Crippen LogP contribution in [0, 0.1) is 0 Å². The topological polar surface area (TPSA) is 12.5 Å². The molecule has 0 heterocycles. The van der Waals surface area contributed by atoms with E-state index >= 15 is 0 Å². The predicted octanol–water partition coefficient (Wildman–Crippen LogP) is 3.43. The second-order valence-corrected chi connectivity index (χ2v) is 4.90. The molecule has 1 aromatic rings.